The number of nitrogens with zero attached hydrogens (tertiary/aromatic N) is 3. The largest absolute Gasteiger partial charge is 0.493 e. The van der Waals surface area contributed by atoms with Gasteiger partial charge in [0.1, 0.15) is 0 Å². The van der Waals surface area contributed by atoms with E-state index < -0.39 is 5.72 Å². The van der Waals surface area contributed by atoms with Crippen molar-refractivity contribution in [2.24, 2.45) is 5.10 Å². The predicted octanol–water partition coefficient (Wildman–Crippen LogP) is 2.48. The first-order valence-corrected chi connectivity index (χ1v) is 8.75. The van der Waals surface area contributed by atoms with Crippen LogP contribution in [-0.2, 0) is 16.9 Å². The fourth-order valence-electron chi connectivity index (χ4n) is 3.16. The van der Waals surface area contributed by atoms with Gasteiger partial charge in [0, 0.05) is 30.1 Å². The Morgan fingerprint density at radius 2 is 1.89 bits per heavy atom. The summed E-state index contributed by atoms with van der Waals surface area (Å²) in [5.74, 6) is 0.839. The molecule has 0 bridgehead atoms. The molecule has 7 nitrogen and oxygen atoms in total. The number of amides is 1. The second kappa shape index (κ2) is 7.75. The van der Waals surface area contributed by atoms with Gasteiger partial charge in [-0.1, -0.05) is 13.0 Å². The van der Waals surface area contributed by atoms with Crippen LogP contribution in [0.2, 0.25) is 0 Å². The molecule has 0 aliphatic carbocycles. The number of aromatic nitrogens is 1. The number of carbonyl (C=O) groups excluding carboxylic acids is 1. The lowest BCUT2D eigenvalue weighted by molar-refractivity contribution is -0.157. The van der Waals surface area contributed by atoms with Crippen LogP contribution in [0, 0.1) is 0 Å². The van der Waals surface area contributed by atoms with Gasteiger partial charge < -0.3 is 14.6 Å². The predicted molar refractivity (Wildman–Crippen MR) is 101 cm³/mol. The van der Waals surface area contributed by atoms with E-state index in [4.69, 9.17) is 9.47 Å². The van der Waals surface area contributed by atoms with E-state index in [-0.39, 0.29) is 18.7 Å². The lowest BCUT2D eigenvalue weighted by Crippen LogP contribution is -2.44. The quantitative estimate of drug-likeness (QED) is 0.846. The molecule has 3 rings (SSSR count). The number of methoxy groups -OCH3 is 2. The van der Waals surface area contributed by atoms with Crippen molar-refractivity contribution >= 4 is 11.6 Å². The van der Waals surface area contributed by atoms with Gasteiger partial charge in [-0.15, -0.1) is 0 Å². The molecule has 1 atom stereocenters. The summed E-state index contributed by atoms with van der Waals surface area (Å²) in [4.78, 5) is 17.0. The summed E-state index contributed by atoms with van der Waals surface area (Å²) in [6, 6.07) is 8.70. The van der Waals surface area contributed by atoms with Crippen molar-refractivity contribution in [3.05, 3.63) is 53.9 Å². The van der Waals surface area contributed by atoms with E-state index in [0.29, 0.717) is 23.5 Å². The number of aliphatic hydroxyl groups is 1. The SMILES string of the molecule is CCC1=NN(C(=O)Cc2ccc(OC)c(OC)c2)[C@](O)(c2ccncc2)C1. The molecule has 2 aromatic rings. The molecule has 1 N–H and O–H groups in total. The number of hydrogen-bond donors (Lipinski definition) is 1. The molecule has 0 saturated heterocycles. The fraction of sp³-hybridized carbons (Fsp3) is 0.350. The molecule has 2 heterocycles. The molecule has 142 valence electrons. The Morgan fingerprint density at radius 3 is 2.52 bits per heavy atom. The van der Waals surface area contributed by atoms with Crippen LogP contribution >= 0.6 is 0 Å². The minimum Gasteiger partial charge on any atom is -0.493 e. The number of hydrogen-bond acceptors (Lipinski definition) is 6. The number of hydrazone groups is 1. The van der Waals surface area contributed by atoms with Crippen molar-refractivity contribution in [1.29, 1.82) is 0 Å². The van der Waals surface area contributed by atoms with E-state index in [1.54, 1.807) is 56.9 Å². The second-order valence-corrected chi connectivity index (χ2v) is 6.32. The molecule has 0 spiro atoms. The third-order valence-corrected chi connectivity index (χ3v) is 4.63. The Labute approximate surface area is 158 Å². The Kier molecular flexibility index (Phi) is 5.41. The third kappa shape index (κ3) is 3.64. The van der Waals surface area contributed by atoms with Crippen LogP contribution < -0.4 is 9.47 Å². The summed E-state index contributed by atoms with van der Waals surface area (Å²) in [5.41, 5.74) is 0.609. The number of rotatable bonds is 6. The van der Waals surface area contributed by atoms with Crippen molar-refractivity contribution < 1.29 is 19.4 Å². The van der Waals surface area contributed by atoms with Crippen molar-refractivity contribution in [2.75, 3.05) is 14.2 Å². The van der Waals surface area contributed by atoms with Crippen molar-refractivity contribution in [1.82, 2.24) is 9.99 Å². The number of pyridine rings is 1. The summed E-state index contributed by atoms with van der Waals surface area (Å²) in [6.45, 7) is 1.95. The summed E-state index contributed by atoms with van der Waals surface area (Å²) in [5, 5.41) is 16.8. The van der Waals surface area contributed by atoms with Gasteiger partial charge in [-0.25, -0.2) is 0 Å². The zero-order valence-electron chi connectivity index (χ0n) is 15.7. The third-order valence-electron chi connectivity index (χ3n) is 4.63. The number of ether oxygens (including phenoxy) is 2. The highest BCUT2D eigenvalue weighted by atomic mass is 16.5. The van der Waals surface area contributed by atoms with Gasteiger partial charge in [0.25, 0.3) is 0 Å². The van der Waals surface area contributed by atoms with E-state index >= 15 is 0 Å². The Hall–Kier alpha value is -2.93. The van der Waals surface area contributed by atoms with E-state index in [0.717, 1.165) is 11.3 Å². The summed E-state index contributed by atoms with van der Waals surface area (Å²) < 4.78 is 10.5. The van der Waals surface area contributed by atoms with Crippen LogP contribution in [0.15, 0.2) is 47.8 Å². The molecule has 27 heavy (non-hydrogen) atoms. The van der Waals surface area contributed by atoms with E-state index in [9.17, 15) is 9.90 Å². The summed E-state index contributed by atoms with van der Waals surface area (Å²) >= 11 is 0. The molecule has 1 aliphatic heterocycles. The fourth-order valence-corrected chi connectivity index (χ4v) is 3.16. The Balaban J connectivity index is 1.88. The molecule has 1 aliphatic rings. The molecular weight excluding hydrogens is 346 g/mol. The first-order chi connectivity index (χ1) is 13.0. The van der Waals surface area contributed by atoms with Crippen LogP contribution in [0.3, 0.4) is 0 Å². The van der Waals surface area contributed by atoms with Crippen molar-refractivity contribution in [3.63, 3.8) is 0 Å². The highest BCUT2D eigenvalue weighted by Gasteiger charge is 2.45. The lowest BCUT2D eigenvalue weighted by Gasteiger charge is -2.31. The average molecular weight is 369 g/mol. The van der Waals surface area contributed by atoms with E-state index in [1.807, 2.05) is 6.92 Å². The molecule has 1 aromatic carbocycles. The Morgan fingerprint density at radius 1 is 1.19 bits per heavy atom. The molecule has 7 heteroatoms. The van der Waals surface area contributed by atoms with E-state index in [1.165, 1.54) is 5.01 Å². The minimum atomic E-state index is -1.50. The van der Waals surface area contributed by atoms with Crippen LogP contribution in [0.1, 0.15) is 30.9 Å². The van der Waals surface area contributed by atoms with Crippen molar-refractivity contribution in [3.8, 4) is 11.5 Å². The maximum atomic E-state index is 13.0. The van der Waals surface area contributed by atoms with Gasteiger partial charge in [0.05, 0.1) is 20.6 Å². The molecular formula is C20H23N3O4. The molecule has 1 amide bonds. The van der Waals surface area contributed by atoms with Crippen molar-refractivity contribution in [2.45, 2.75) is 31.9 Å². The minimum absolute atomic E-state index is 0.0776. The van der Waals surface area contributed by atoms with Crippen LogP contribution in [0.5, 0.6) is 11.5 Å². The van der Waals surface area contributed by atoms with Gasteiger partial charge in [-0.3, -0.25) is 9.78 Å². The maximum absolute atomic E-state index is 13.0. The number of carbonyl (C=O) groups is 1. The monoisotopic (exact) mass is 369 g/mol. The van der Waals surface area contributed by atoms with Crippen LogP contribution in [-0.4, -0.2) is 40.9 Å². The highest BCUT2D eigenvalue weighted by molar-refractivity contribution is 5.91. The first-order valence-electron chi connectivity index (χ1n) is 8.75. The van der Waals surface area contributed by atoms with Gasteiger partial charge >= 0.3 is 0 Å². The molecule has 0 radical (unpaired) electrons. The average Bonchev–Trinajstić information content (AvgIpc) is 3.06. The second-order valence-electron chi connectivity index (χ2n) is 6.32. The standard InChI is InChI=1S/C20H23N3O4/c1-4-16-13-20(25,15-7-9-21-10-8-15)23(22-16)19(24)12-14-5-6-17(26-2)18(11-14)27-3/h5-11,25H,4,12-13H2,1-3H3/t20-/m1/s1. The van der Waals surface area contributed by atoms with Gasteiger partial charge in [0.2, 0.25) is 5.91 Å². The summed E-state index contributed by atoms with van der Waals surface area (Å²) in [7, 11) is 3.10. The smallest absolute Gasteiger partial charge is 0.250 e. The zero-order valence-corrected chi connectivity index (χ0v) is 15.7. The summed E-state index contributed by atoms with van der Waals surface area (Å²) in [6.07, 6.45) is 4.20. The first kappa shape index (κ1) is 18.8. The van der Waals surface area contributed by atoms with E-state index in [2.05, 4.69) is 10.1 Å². The maximum Gasteiger partial charge on any atom is 0.250 e. The van der Waals surface area contributed by atoms with Crippen LogP contribution in [0.25, 0.3) is 0 Å². The van der Waals surface area contributed by atoms with Gasteiger partial charge in [-0.05, 0) is 36.2 Å². The highest BCUT2D eigenvalue weighted by Crippen LogP contribution is 2.36. The topological polar surface area (TPSA) is 84.3 Å². The lowest BCUT2D eigenvalue weighted by atomic mass is 9.97. The molecule has 0 fully saturated rings. The molecule has 0 unspecified atom stereocenters. The van der Waals surface area contributed by atoms with Gasteiger partial charge in [0.15, 0.2) is 17.2 Å². The van der Waals surface area contributed by atoms with Crippen LogP contribution in [0.4, 0.5) is 0 Å². The Bertz CT molecular complexity index is 854. The number of benzene rings is 1. The normalized spacial score (nSPS) is 19.0. The molecule has 1 aromatic heterocycles. The zero-order chi connectivity index (χ0) is 19.4. The molecule has 0 saturated carbocycles. The van der Waals surface area contributed by atoms with Gasteiger partial charge in [-0.2, -0.15) is 10.1 Å².